The predicted molar refractivity (Wildman–Crippen MR) is 50.4 cm³/mol. The molecule has 0 unspecified atom stereocenters. The summed E-state index contributed by atoms with van der Waals surface area (Å²) in [6.45, 7) is 5.76. The molecule has 0 aliphatic heterocycles. The minimum atomic E-state index is -1.05. The molecule has 0 saturated heterocycles. The van der Waals surface area contributed by atoms with Gasteiger partial charge >= 0.3 is 5.97 Å². The largest absolute Gasteiger partial charge is 0.477 e. The molecule has 74 valence electrons. The topological polar surface area (TPSA) is 50.4 Å². The van der Waals surface area contributed by atoms with Crippen LogP contribution in [0.4, 0.5) is 0 Å². The van der Waals surface area contributed by atoms with Gasteiger partial charge in [0.1, 0.15) is 5.57 Å². The number of carboxylic acids is 1. The third kappa shape index (κ3) is 2.10. The van der Waals surface area contributed by atoms with Crippen molar-refractivity contribution in [3.8, 4) is 0 Å². The van der Waals surface area contributed by atoms with Crippen LogP contribution in [0.5, 0.6) is 0 Å². The lowest BCUT2D eigenvalue weighted by Gasteiger charge is -2.00. The van der Waals surface area contributed by atoms with Gasteiger partial charge in [-0.25, -0.2) is 4.79 Å². The zero-order valence-electron chi connectivity index (χ0n) is 7.93. The Hall–Kier alpha value is -1.84. The van der Waals surface area contributed by atoms with Gasteiger partial charge in [0.2, 0.25) is 6.20 Å². The molecule has 0 aliphatic carbocycles. The molecule has 14 heavy (non-hydrogen) atoms. The van der Waals surface area contributed by atoms with Crippen molar-refractivity contribution < 1.29 is 19.5 Å². The van der Waals surface area contributed by atoms with Gasteiger partial charge in [0.05, 0.1) is 0 Å². The van der Waals surface area contributed by atoms with Crippen molar-refractivity contribution in [1.82, 2.24) is 0 Å². The van der Waals surface area contributed by atoms with E-state index in [2.05, 4.69) is 6.58 Å². The van der Waals surface area contributed by atoms with E-state index in [1.807, 2.05) is 6.92 Å². The van der Waals surface area contributed by atoms with E-state index in [4.69, 9.17) is 9.94 Å². The van der Waals surface area contributed by atoms with E-state index in [9.17, 15) is 4.79 Å². The number of rotatable bonds is 4. The molecule has 1 aromatic rings. The molecule has 1 heterocycles. The van der Waals surface area contributed by atoms with Crippen molar-refractivity contribution in [2.75, 3.05) is 6.61 Å². The Labute approximate surface area is 82.0 Å². The summed E-state index contributed by atoms with van der Waals surface area (Å²) in [7, 11) is 0. The van der Waals surface area contributed by atoms with Crippen molar-refractivity contribution in [1.29, 1.82) is 0 Å². The summed E-state index contributed by atoms with van der Waals surface area (Å²) in [6, 6.07) is 5.14. The molecule has 0 fully saturated rings. The van der Waals surface area contributed by atoms with Crippen LogP contribution in [-0.4, -0.2) is 17.7 Å². The highest BCUT2D eigenvalue weighted by Crippen LogP contribution is 2.05. The zero-order chi connectivity index (χ0) is 10.6. The summed E-state index contributed by atoms with van der Waals surface area (Å²) in [5, 5.41) is 8.76. The first-order valence-electron chi connectivity index (χ1n) is 4.23. The quantitative estimate of drug-likeness (QED) is 0.561. The van der Waals surface area contributed by atoms with Gasteiger partial charge in [-0.05, 0) is 13.0 Å². The van der Waals surface area contributed by atoms with Crippen LogP contribution in [0.15, 0.2) is 31.0 Å². The second-order valence-electron chi connectivity index (χ2n) is 2.61. The maximum absolute atomic E-state index is 10.7. The third-order valence-corrected chi connectivity index (χ3v) is 1.66. The molecule has 0 aromatic carbocycles. The van der Waals surface area contributed by atoms with Gasteiger partial charge < -0.3 is 5.11 Å². The van der Waals surface area contributed by atoms with Gasteiger partial charge in [0, 0.05) is 16.9 Å². The molecule has 0 spiro atoms. The molecule has 1 aromatic heterocycles. The Balaban J connectivity index is 3.06. The summed E-state index contributed by atoms with van der Waals surface area (Å²) in [4.78, 5) is 15.9. The number of pyridine rings is 1. The van der Waals surface area contributed by atoms with Crippen LogP contribution in [-0.2, 0) is 4.79 Å². The number of hydrogen-bond acceptors (Lipinski definition) is 2. The van der Waals surface area contributed by atoms with E-state index < -0.39 is 5.97 Å². The van der Waals surface area contributed by atoms with Gasteiger partial charge in [-0.15, -0.1) is 0 Å². The molecule has 0 atom stereocenters. The minimum Gasteiger partial charge on any atom is -0.477 e. The van der Waals surface area contributed by atoms with Crippen LogP contribution in [0.2, 0.25) is 0 Å². The lowest BCUT2D eigenvalue weighted by molar-refractivity contribution is -0.892. The highest BCUT2D eigenvalue weighted by molar-refractivity contribution is 6.13. The van der Waals surface area contributed by atoms with E-state index in [-0.39, 0.29) is 5.57 Å². The number of aliphatic carboxylic acids is 1. The smallest absolute Gasteiger partial charge is 0.342 e. The first-order chi connectivity index (χ1) is 6.66. The van der Waals surface area contributed by atoms with Crippen LogP contribution in [0.25, 0.3) is 5.57 Å². The number of carbonyl (C=O) groups is 1. The summed E-state index contributed by atoms with van der Waals surface area (Å²) < 4.78 is 1.40. The van der Waals surface area contributed by atoms with Crippen LogP contribution in [0.3, 0.4) is 0 Å². The van der Waals surface area contributed by atoms with Gasteiger partial charge in [0.25, 0.3) is 5.69 Å². The molecule has 0 saturated carbocycles. The summed E-state index contributed by atoms with van der Waals surface area (Å²) in [6.07, 6.45) is 1.65. The van der Waals surface area contributed by atoms with Crippen LogP contribution in [0, 0.1) is 0 Å². The number of nitrogens with zero attached hydrogens (tertiary/aromatic N) is 1. The SMILES string of the molecule is C=C(C(=O)O)c1cccc[n+]1OCC. The Morgan fingerprint density at radius 1 is 1.64 bits per heavy atom. The zero-order valence-corrected chi connectivity index (χ0v) is 7.93. The summed E-state index contributed by atoms with van der Waals surface area (Å²) in [5.74, 6) is -1.05. The number of aromatic nitrogens is 1. The standard InChI is InChI=1S/C10H11NO3/c1-3-14-11-7-5-4-6-9(11)8(2)10(12)13/h4-7H,2-3H2,1H3/p+1. The lowest BCUT2D eigenvalue weighted by Crippen LogP contribution is -2.46. The maximum Gasteiger partial charge on any atom is 0.342 e. The fourth-order valence-corrected chi connectivity index (χ4v) is 1.02. The van der Waals surface area contributed by atoms with E-state index >= 15 is 0 Å². The molecular weight excluding hydrogens is 182 g/mol. The second-order valence-corrected chi connectivity index (χ2v) is 2.61. The average molecular weight is 194 g/mol. The van der Waals surface area contributed by atoms with Crippen LogP contribution < -0.4 is 9.57 Å². The lowest BCUT2D eigenvalue weighted by atomic mass is 10.2. The first kappa shape index (κ1) is 10.2. The highest BCUT2D eigenvalue weighted by atomic mass is 16.7. The molecule has 0 radical (unpaired) electrons. The summed E-state index contributed by atoms with van der Waals surface area (Å²) in [5.41, 5.74) is 0.459. The Morgan fingerprint density at radius 2 is 2.36 bits per heavy atom. The van der Waals surface area contributed by atoms with E-state index in [1.54, 1.807) is 24.4 Å². The molecule has 0 aliphatic rings. The molecule has 4 heteroatoms. The number of hydrogen-bond donors (Lipinski definition) is 1. The van der Waals surface area contributed by atoms with Crippen molar-refractivity contribution in [2.45, 2.75) is 6.92 Å². The Kier molecular flexibility index (Phi) is 3.23. The molecule has 1 N–H and O–H groups in total. The molecule has 1 rings (SSSR count). The van der Waals surface area contributed by atoms with Gasteiger partial charge in [-0.2, -0.15) is 0 Å². The summed E-state index contributed by atoms with van der Waals surface area (Å²) >= 11 is 0. The molecule has 0 amide bonds. The molecule has 0 bridgehead atoms. The number of carboxylic acid groups (broad SMARTS) is 1. The van der Waals surface area contributed by atoms with Crippen molar-refractivity contribution in [3.63, 3.8) is 0 Å². The molecule has 4 nitrogen and oxygen atoms in total. The van der Waals surface area contributed by atoms with Crippen molar-refractivity contribution in [2.24, 2.45) is 0 Å². The van der Waals surface area contributed by atoms with E-state index in [0.29, 0.717) is 12.3 Å². The Morgan fingerprint density at radius 3 is 2.93 bits per heavy atom. The third-order valence-electron chi connectivity index (χ3n) is 1.66. The van der Waals surface area contributed by atoms with Crippen LogP contribution in [0.1, 0.15) is 12.6 Å². The first-order valence-corrected chi connectivity index (χ1v) is 4.23. The Bertz CT molecular complexity index is 360. The average Bonchev–Trinajstić information content (AvgIpc) is 2.18. The van der Waals surface area contributed by atoms with E-state index in [1.165, 1.54) is 4.73 Å². The normalized spacial score (nSPS) is 9.50. The van der Waals surface area contributed by atoms with Crippen LogP contribution >= 0.6 is 0 Å². The van der Waals surface area contributed by atoms with E-state index in [0.717, 1.165) is 0 Å². The fraction of sp³-hybridized carbons (Fsp3) is 0.200. The van der Waals surface area contributed by atoms with Crippen molar-refractivity contribution in [3.05, 3.63) is 36.7 Å². The predicted octanol–water partition coefficient (Wildman–Crippen LogP) is 0.520. The second kappa shape index (κ2) is 4.41. The monoisotopic (exact) mass is 194 g/mol. The van der Waals surface area contributed by atoms with Crippen molar-refractivity contribution >= 4 is 11.5 Å². The van der Waals surface area contributed by atoms with Gasteiger partial charge in [-0.1, -0.05) is 6.58 Å². The molecular formula is C10H12NO3+. The highest BCUT2D eigenvalue weighted by Gasteiger charge is 2.19. The maximum atomic E-state index is 10.7. The van der Waals surface area contributed by atoms with Gasteiger partial charge in [-0.3, -0.25) is 4.84 Å². The minimum absolute atomic E-state index is 0.0130. The van der Waals surface area contributed by atoms with Gasteiger partial charge in [0.15, 0.2) is 6.61 Å². The fourth-order valence-electron chi connectivity index (χ4n) is 1.02.